The van der Waals surface area contributed by atoms with Gasteiger partial charge in [-0.3, -0.25) is 4.79 Å². The zero-order valence-corrected chi connectivity index (χ0v) is 14.8. The second-order valence-electron chi connectivity index (χ2n) is 6.20. The van der Waals surface area contributed by atoms with E-state index in [4.69, 9.17) is 5.73 Å². The number of benzene rings is 1. The van der Waals surface area contributed by atoms with Crippen LogP contribution >= 0.6 is 11.8 Å². The topological polar surface area (TPSA) is 81.6 Å². The van der Waals surface area contributed by atoms with Crippen molar-refractivity contribution in [1.82, 2.24) is 10.6 Å². The normalized spacial score (nSPS) is 14.6. The van der Waals surface area contributed by atoms with Gasteiger partial charge in [0, 0.05) is 27.9 Å². The number of hydrogen-bond donors (Lipinski definition) is 2. The van der Waals surface area contributed by atoms with E-state index >= 15 is 0 Å². The van der Waals surface area contributed by atoms with Gasteiger partial charge in [0.2, 0.25) is 0 Å². The Balaban J connectivity index is 2.23. The summed E-state index contributed by atoms with van der Waals surface area (Å²) in [7, 11) is 0. The van der Waals surface area contributed by atoms with Crippen LogP contribution in [0, 0.1) is 5.92 Å². The van der Waals surface area contributed by atoms with Crippen LogP contribution in [0.1, 0.15) is 33.3 Å². The second kappa shape index (κ2) is 7.55. The number of aliphatic imine (C=N–C) groups is 1. The smallest absolute Gasteiger partial charge is 0.313 e. The molecule has 123 valence electrons. The first-order chi connectivity index (χ1) is 10.8. The highest BCUT2D eigenvalue weighted by molar-refractivity contribution is 7.99. The summed E-state index contributed by atoms with van der Waals surface area (Å²) in [6, 6.07) is 5.90. The third kappa shape index (κ3) is 5.03. The quantitative estimate of drug-likeness (QED) is 0.642. The van der Waals surface area contributed by atoms with E-state index in [2.05, 4.69) is 29.5 Å². The molecule has 6 heteroatoms. The number of carbonyl (C=O) groups is 1. The van der Waals surface area contributed by atoms with Crippen LogP contribution in [-0.4, -0.2) is 23.5 Å². The summed E-state index contributed by atoms with van der Waals surface area (Å²) < 4.78 is 0. The molecule has 1 amide bonds. The number of nitrogen functional groups attached to an aromatic ring is 1. The first-order valence-electron chi connectivity index (χ1n) is 7.69. The highest BCUT2D eigenvalue weighted by Crippen LogP contribution is 2.28. The van der Waals surface area contributed by atoms with Crippen molar-refractivity contribution in [3.8, 4) is 0 Å². The van der Waals surface area contributed by atoms with Crippen LogP contribution in [0.3, 0.4) is 0 Å². The third-order valence-corrected chi connectivity index (χ3v) is 4.38. The summed E-state index contributed by atoms with van der Waals surface area (Å²) >= 11 is 1.75. The van der Waals surface area contributed by atoms with Gasteiger partial charge in [-0.05, 0) is 38.0 Å². The van der Waals surface area contributed by atoms with Gasteiger partial charge in [0.1, 0.15) is 0 Å². The molecule has 0 atom stereocenters. The minimum atomic E-state index is -0.352. The molecule has 0 aromatic heterocycles. The molecule has 23 heavy (non-hydrogen) atoms. The van der Waals surface area contributed by atoms with E-state index in [-0.39, 0.29) is 17.8 Å². The van der Waals surface area contributed by atoms with Crippen molar-refractivity contribution in [1.29, 1.82) is 0 Å². The average molecular weight is 331 g/mol. The van der Waals surface area contributed by atoms with Gasteiger partial charge >= 0.3 is 5.91 Å². The molecule has 0 saturated heterocycles. The maximum atomic E-state index is 12.1. The number of rotatable bonds is 5. The lowest BCUT2D eigenvalue weighted by molar-refractivity contribution is -0.114. The molecule has 0 fully saturated rings. The number of anilines is 1. The minimum absolute atomic E-state index is 0.134. The molecule has 1 radical (unpaired) electrons. The Morgan fingerprint density at radius 2 is 1.96 bits per heavy atom. The molecule has 1 heterocycles. The maximum Gasteiger partial charge on any atom is 0.313 e. The number of amidine groups is 1. The van der Waals surface area contributed by atoms with Crippen molar-refractivity contribution < 1.29 is 4.79 Å². The van der Waals surface area contributed by atoms with Crippen LogP contribution in [0.25, 0.3) is 5.70 Å². The van der Waals surface area contributed by atoms with Gasteiger partial charge in [0.25, 0.3) is 0 Å². The highest BCUT2D eigenvalue weighted by atomic mass is 32.2. The summed E-state index contributed by atoms with van der Waals surface area (Å²) in [5.74, 6) is 1.54. The summed E-state index contributed by atoms with van der Waals surface area (Å²) in [4.78, 5) is 17.3. The molecule has 0 bridgehead atoms. The molecule has 1 aromatic carbocycles. The molecule has 1 aliphatic heterocycles. The standard InChI is InChI=1S/C17H23N4OS/c1-10(2)9-23-14-6-12(5-13(18)7-14)15-8-19-16(17(22)21-15)20-11(3)4/h5-8,10-11H,9,18H2,1-4H3,(H,19,20). The Hall–Kier alpha value is -1.95. The van der Waals surface area contributed by atoms with E-state index in [0.717, 1.165) is 16.2 Å². The number of thioether (sulfide) groups is 1. The van der Waals surface area contributed by atoms with Gasteiger partial charge in [-0.1, -0.05) is 13.8 Å². The molecule has 0 spiro atoms. The summed E-state index contributed by atoms with van der Waals surface area (Å²) in [6.07, 6.45) is 1.61. The predicted octanol–water partition coefficient (Wildman–Crippen LogP) is 2.86. The molecule has 0 unspecified atom stereocenters. The fourth-order valence-electron chi connectivity index (χ4n) is 2.00. The maximum absolute atomic E-state index is 12.1. The van der Waals surface area contributed by atoms with Crippen molar-refractivity contribution in [2.24, 2.45) is 10.9 Å². The Bertz CT molecular complexity index is 650. The highest BCUT2D eigenvalue weighted by Gasteiger charge is 2.21. The lowest BCUT2D eigenvalue weighted by Crippen LogP contribution is -2.41. The Morgan fingerprint density at radius 3 is 2.57 bits per heavy atom. The van der Waals surface area contributed by atoms with Crippen LogP contribution in [0.2, 0.25) is 0 Å². The Kier molecular flexibility index (Phi) is 5.71. The minimum Gasteiger partial charge on any atom is -0.399 e. The molecular weight excluding hydrogens is 308 g/mol. The molecule has 1 aliphatic rings. The monoisotopic (exact) mass is 331 g/mol. The lowest BCUT2D eigenvalue weighted by atomic mass is 10.1. The fraction of sp³-hybridized carbons (Fsp3) is 0.412. The zero-order chi connectivity index (χ0) is 17.0. The van der Waals surface area contributed by atoms with Crippen LogP contribution in [-0.2, 0) is 4.79 Å². The van der Waals surface area contributed by atoms with Crippen LogP contribution in [0.15, 0.2) is 34.3 Å². The number of amides is 1. The van der Waals surface area contributed by atoms with E-state index in [1.807, 2.05) is 32.0 Å². The van der Waals surface area contributed by atoms with Crippen LogP contribution in [0.4, 0.5) is 5.69 Å². The van der Waals surface area contributed by atoms with Crippen molar-refractivity contribution in [3.05, 3.63) is 30.0 Å². The Labute approximate surface area is 141 Å². The molecular formula is C17H23N4OS. The first kappa shape index (κ1) is 17.4. The largest absolute Gasteiger partial charge is 0.399 e. The third-order valence-electron chi connectivity index (χ3n) is 2.97. The number of hydrogen-bond acceptors (Lipinski definition) is 5. The number of carbonyl (C=O) groups excluding carboxylic acids is 1. The summed E-state index contributed by atoms with van der Waals surface area (Å²) in [5, 5.41) is 7.12. The molecule has 0 aliphatic carbocycles. The van der Waals surface area contributed by atoms with Gasteiger partial charge in [-0.2, -0.15) is 0 Å². The van der Waals surface area contributed by atoms with E-state index in [1.165, 1.54) is 0 Å². The van der Waals surface area contributed by atoms with Gasteiger partial charge in [-0.15, -0.1) is 11.8 Å². The van der Waals surface area contributed by atoms with E-state index in [1.54, 1.807) is 18.0 Å². The molecule has 5 nitrogen and oxygen atoms in total. The van der Waals surface area contributed by atoms with Crippen LogP contribution in [0.5, 0.6) is 0 Å². The van der Waals surface area contributed by atoms with Gasteiger partial charge in [-0.25, -0.2) is 10.3 Å². The van der Waals surface area contributed by atoms with Gasteiger partial charge in [0.05, 0.1) is 11.9 Å². The van der Waals surface area contributed by atoms with E-state index in [9.17, 15) is 4.79 Å². The van der Waals surface area contributed by atoms with Crippen molar-refractivity contribution >= 4 is 34.9 Å². The summed E-state index contributed by atoms with van der Waals surface area (Å²) in [5.41, 5.74) is 8.01. The number of nitrogens with two attached hydrogens (primary N) is 1. The summed E-state index contributed by atoms with van der Waals surface area (Å²) in [6.45, 7) is 8.25. The fourth-order valence-corrected chi connectivity index (χ4v) is 2.96. The van der Waals surface area contributed by atoms with Crippen molar-refractivity contribution in [2.45, 2.75) is 38.6 Å². The lowest BCUT2D eigenvalue weighted by Gasteiger charge is -2.16. The predicted molar refractivity (Wildman–Crippen MR) is 97.2 cm³/mol. The Morgan fingerprint density at radius 1 is 1.22 bits per heavy atom. The van der Waals surface area contributed by atoms with E-state index in [0.29, 0.717) is 17.3 Å². The second-order valence-corrected chi connectivity index (χ2v) is 7.30. The SMILES string of the molecule is CC(C)CSc1cc(N)cc(C2=CN=C(NC(C)C)C(=O)[N]2)c1. The molecule has 3 N–H and O–H groups in total. The molecule has 2 rings (SSSR count). The zero-order valence-electron chi connectivity index (χ0n) is 14.0. The number of nitrogens with zero attached hydrogens (tertiary/aromatic N) is 2. The first-order valence-corrected chi connectivity index (χ1v) is 8.68. The van der Waals surface area contributed by atoms with Crippen LogP contribution < -0.4 is 16.4 Å². The number of nitrogens with one attached hydrogen (secondary N) is 1. The average Bonchev–Trinajstić information content (AvgIpc) is 2.46. The van der Waals surface area contributed by atoms with Gasteiger partial charge in [0.15, 0.2) is 5.84 Å². The van der Waals surface area contributed by atoms with E-state index < -0.39 is 0 Å². The van der Waals surface area contributed by atoms with Crippen molar-refractivity contribution in [3.63, 3.8) is 0 Å². The molecule has 0 saturated carbocycles. The van der Waals surface area contributed by atoms with Crippen molar-refractivity contribution in [2.75, 3.05) is 11.5 Å². The molecule has 1 aromatic rings. The van der Waals surface area contributed by atoms with Gasteiger partial charge < -0.3 is 11.1 Å².